The lowest BCUT2D eigenvalue weighted by Gasteiger charge is -2.28. The number of hydrogen-bond donors (Lipinski definition) is 0. The summed E-state index contributed by atoms with van der Waals surface area (Å²) in [7, 11) is 0. The van der Waals surface area contributed by atoms with E-state index in [0.717, 1.165) is 22.1 Å². The summed E-state index contributed by atoms with van der Waals surface area (Å²) in [5.41, 5.74) is 2.41. The van der Waals surface area contributed by atoms with Crippen molar-refractivity contribution in [1.29, 1.82) is 0 Å². The van der Waals surface area contributed by atoms with E-state index < -0.39 is 0 Å². The van der Waals surface area contributed by atoms with Gasteiger partial charge < -0.3 is 4.74 Å². The largest absolute Gasteiger partial charge is 0.485 e. The summed E-state index contributed by atoms with van der Waals surface area (Å²) < 4.78 is 6.51. The average Bonchev–Trinajstić information content (AvgIpc) is 2.23. The van der Waals surface area contributed by atoms with E-state index in [1.165, 1.54) is 5.56 Å². The SMILES string of the molecule is CC(C)(C)c1cc(Br)c(OCC=O)c(C(C)(C)C)c1. The van der Waals surface area contributed by atoms with Gasteiger partial charge >= 0.3 is 0 Å². The van der Waals surface area contributed by atoms with Gasteiger partial charge in [0.05, 0.1) is 4.47 Å². The molecule has 2 nitrogen and oxygen atoms in total. The summed E-state index contributed by atoms with van der Waals surface area (Å²) >= 11 is 3.57. The molecule has 0 unspecified atom stereocenters. The summed E-state index contributed by atoms with van der Waals surface area (Å²) in [6.45, 7) is 13.1. The van der Waals surface area contributed by atoms with Gasteiger partial charge in [0, 0.05) is 5.56 Å². The third-order valence-electron chi connectivity index (χ3n) is 3.01. The van der Waals surface area contributed by atoms with Crippen molar-refractivity contribution in [2.45, 2.75) is 52.4 Å². The summed E-state index contributed by atoms with van der Waals surface area (Å²) in [6.07, 6.45) is 0.774. The van der Waals surface area contributed by atoms with Gasteiger partial charge in [0.15, 0.2) is 6.29 Å². The first-order valence-electron chi connectivity index (χ1n) is 6.48. The van der Waals surface area contributed by atoms with Gasteiger partial charge in [-0.1, -0.05) is 47.6 Å². The maximum atomic E-state index is 10.5. The van der Waals surface area contributed by atoms with Gasteiger partial charge in [-0.3, -0.25) is 4.79 Å². The summed E-state index contributed by atoms with van der Waals surface area (Å²) in [4.78, 5) is 10.5. The van der Waals surface area contributed by atoms with Gasteiger partial charge in [-0.25, -0.2) is 0 Å². The van der Waals surface area contributed by atoms with Crippen LogP contribution in [0.15, 0.2) is 16.6 Å². The van der Waals surface area contributed by atoms with Crippen molar-refractivity contribution in [3.8, 4) is 5.75 Å². The molecule has 0 aromatic heterocycles. The molecular weight excluding hydrogens is 304 g/mol. The lowest BCUT2D eigenvalue weighted by molar-refractivity contribution is -0.109. The highest BCUT2D eigenvalue weighted by Gasteiger charge is 2.25. The minimum atomic E-state index is -0.0397. The summed E-state index contributed by atoms with van der Waals surface area (Å²) in [5, 5.41) is 0. The number of hydrogen-bond acceptors (Lipinski definition) is 2. The molecule has 0 fully saturated rings. The van der Waals surface area contributed by atoms with Crippen LogP contribution in [-0.2, 0) is 15.6 Å². The minimum absolute atomic E-state index is 0.0397. The summed E-state index contributed by atoms with van der Waals surface area (Å²) in [5.74, 6) is 0.771. The molecule has 0 aliphatic heterocycles. The number of carbonyl (C=O) groups excluding carboxylic acids is 1. The molecule has 0 saturated carbocycles. The molecule has 19 heavy (non-hydrogen) atoms. The highest BCUT2D eigenvalue weighted by atomic mass is 79.9. The number of halogens is 1. The van der Waals surface area contributed by atoms with Crippen molar-refractivity contribution in [2.75, 3.05) is 6.61 Å². The Balaban J connectivity index is 3.43. The highest BCUT2D eigenvalue weighted by Crippen LogP contribution is 2.40. The first-order chi connectivity index (χ1) is 8.57. The fraction of sp³-hybridized carbons (Fsp3) is 0.562. The smallest absolute Gasteiger partial charge is 0.157 e. The second-order valence-corrected chi connectivity index (χ2v) is 7.67. The Morgan fingerprint density at radius 1 is 1.11 bits per heavy atom. The van der Waals surface area contributed by atoms with Crippen molar-refractivity contribution in [3.63, 3.8) is 0 Å². The lowest BCUT2D eigenvalue weighted by Crippen LogP contribution is -2.18. The van der Waals surface area contributed by atoms with Gasteiger partial charge in [0.2, 0.25) is 0 Å². The quantitative estimate of drug-likeness (QED) is 0.757. The number of aldehydes is 1. The second-order valence-electron chi connectivity index (χ2n) is 6.81. The third-order valence-corrected chi connectivity index (χ3v) is 3.60. The van der Waals surface area contributed by atoms with Crippen LogP contribution in [0.4, 0.5) is 0 Å². The number of benzene rings is 1. The fourth-order valence-electron chi connectivity index (χ4n) is 1.85. The molecule has 1 rings (SSSR count). The van der Waals surface area contributed by atoms with Gasteiger partial charge in [-0.2, -0.15) is 0 Å². The zero-order chi connectivity index (χ0) is 14.8. The monoisotopic (exact) mass is 326 g/mol. The molecule has 0 aliphatic rings. The van der Waals surface area contributed by atoms with Crippen LogP contribution in [0.5, 0.6) is 5.75 Å². The maximum absolute atomic E-state index is 10.5. The van der Waals surface area contributed by atoms with Gasteiger partial charge in [0.1, 0.15) is 12.4 Å². The molecule has 1 aromatic carbocycles. The van der Waals surface area contributed by atoms with E-state index in [0.29, 0.717) is 0 Å². The van der Waals surface area contributed by atoms with Gasteiger partial charge in [-0.05, 0) is 38.4 Å². The standard InChI is InChI=1S/C16H23BrO2/c1-15(2,3)11-9-12(16(4,5)6)14(13(17)10-11)19-8-7-18/h7,9-10H,8H2,1-6H3. The van der Waals surface area contributed by atoms with Gasteiger partial charge in [0.25, 0.3) is 0 Å². The Kier molecular flexibility index (Phi) is 4.83. The molecule has 0 saturated heterocycles. The van der Waals surface area contributed by atoms with Crippen LogP contribution in [0.2, 0.25) is 0 Å². The van der Waals surface area contributed by atoms with E-state index >= 15 is 0 Å². The zero-order valence-corrected chi connectivity index (χ0v) is 14.2. The van der Waals surface area contributed by atoms with Crippen molar-refractivity contribution in [2.24, 2.45) is 0 Å². The molecular formula is C16H23BrO2. The van der Waals surface area contributed by atoms with Crippen LogP contribution < -0.4 is 4.74 Å². The van der Waals surface area contributed by atoms with Crippen LogP contribution in [0.1, 0.15) is 52.7 Å². The van der Waals surface area contributed by atoms with Gasteiger partial charge in [-0.15, -0.1) is 0 Å². The van der Waals surface area contributed by atoms with E-state index in [1.54, 1.807) is 0 Å². The molecule has 3 heteroatoms. The van der Waals surface area contributed by atoms with Crippen LogP contribution in [0, 0.1) is 0 Å². The molecule has 0 N–H and O–H groups in total. The second kappa shape index (κ2) is 5.66. The Bertz CT molecular complexity index is 465. The molecule has 0 atom stereocenters. The number of carbonyl (C=O) groups is 1. The van der Waals surface area contributed by atoms with E-state index in [2.05, 4.69) is 69.6 Å². The number of rotatable bonds is 3. The normalized spacial score (nSPS) is 12.4. The number of ether oxygens (including phenoxy) is 1. The van der Waals surface area contributed by atoms with E-state index in [1.807, 2.05) is 0 Å². The Morgan fingerprint density at radius 3 is 2.11 bits per heavy atom. The topological polar surface area (TPSA) is 26.3 Å². The Labute approximate surface area is 124 Å². The first kappa shape index (κ1) is 16.2. The minimum Gasteiger partial charge on any atom is -0.485 e. The average molecular weight is 327 g/mol. The van der Waals surface area contributed by atoms with E-state index in [-0.39, 0.29) is 17.4 Å². The van der Waals surface area contributed by atoms with E-state index in [4.69, 9.17) is 4.74 Å². The van der Waals surface area contributed by atoms with E-state index in [9.17, 15) is 4.79 Å². The fourth-order valence-corrected chi connectivity index (χ4v) is 2.42. The lowest BCUT2D eigenvalue weighted by atomic mass is 9.80. The Morgan fingerprint density at radius 2 is 1.68 bits per heavy atom. The third kappa shape index (κ3) is 4.07. The highest BCUT2D eigenvalue weighted by molar-refractivity contribution is 9.10. The molecule has 106 valence electrons. The Hall–Kier alpha value is -0.830. The molecule has 0 heterocycles. The molecule has 0 spiro atoms. The van der Waals surface area contributed by atoms with Crippen LogP contribution in [-0.4, -0.2) is 12.9 Å². The summed E-state index contributed by atoms with van der Waals surface area (Å²) in [6, 6.07) is 4.26. The molecule has 0 bridgehead atoms. The van der Waals surface area contributed by atoms with Crippen LogP contribution in [0.3, 0.4) is 0 Å². The first-order valence-corrected chi connectivity index (χ1v) is 7.27. The van der Waals surface area contributed by atoms with Crippen molar-refractivity contribution >= 4 is 22.2 Å². The molecule has 0 aliphatic carbocycles. The maximum Gasteiger partial charge on any atom is 0.157 e. The van der Waals surface area contributed by atoms with Crippen molar-refractivity contribution < 1.29 is 9.53 Å². The zero-order valence-electron chi connectivity index (χ0n) is 12.6. The van der Waals surface area contributed by atoms with Crippen molar-refractivity contribution in [3.05, 3.63) is 27.7 Å². The predicted octanol–water partition coefficient (Wildman–Crippen LogP) is 4.62. The van der Waals surface area contributed by atoms with Crippen LogP contribution >= 0.6 is 15.9 Å². The molecule has 0 amide bonds. The molecule has 0 radical (unpaired) electrons. The predicted molar refractivity (Wildman–Crippen MR) is 83.1 cm³/mol. The molecule has 1 aromatic rings. The van der Waals surface area contributed by atoms with Crippen molar-refractivity contribution in [1.82, 2.24) is 0 Å². The van der Waals surface area contributed by atoms with Crippen LogP contribution in [0.25, 0.3) is 0 Å².